The molecule has 0 spiro atoms. The van der Waals surface area contributed by atoms with Crippen molar-refractivity contribution >= 4 is 11.6 Å². The zero-order valence-electron chi connectivity index (χ0n) is 15.7. The number of likely N-dealkylation sites (tertiary alicyclic amines) is 1. The van der Waals surface area contributed by atoms with Crippen molar-refractivity contribution in [3.05, 3.63) is 52.8 Å². The van der Waals surface area contributed by atoms with Crippen LogP contribution in [0.3, 0.4) is 0 Å². The smallest absolute Gasteiger partial charge is 0.417 e. The third-order valence-electron chi connectivity index (χ3n) is 5.06. The second kappa shape index (κ2) is 7.67. The summed E-state index contributed by atoms with van der Waals surface area (Å²) in [5.74, 6) is -3.90. The number of carbonyl (C=O) groups is 2. The Morgan fingerprint density at radius 2 is 1.90 bits per heavy atom. The maximum Gasteiger partial charge on any atom is 0.417 e. The Labute approximate surface area is 168 Å². The van der Waals surface area contributed by atoms with E-state index in [0.29, 0.717) is 19.2 Å². The molecule has 1 aliphatic carbocycles. The van der Waals surface area contributed by atoms with Gasteiger partial charge in [-0.1, -0.05) is 6.07 Å². The number of benzene rings is 1. The predicted octanol–water partition coefficient (Wildman–Crippen LogP) is 3.45. The number of fused-ring (bicyclic) bond motifs is 1. The second-order valence-corrected chi connectivity index (χ2v) is 7.08. The fraction of sp³-hybridized carbons (Fsp3) is 0.350. The molecule has 0 amide bonds. The van der Waals surface area contributed by atoms with Crippen LogP contribution in [0.5, 0.6) is 0 Å². The van der Waals surface area contributed by atoms with Gasteiger partial charge in [-0.25, -0.2) is 9.37 Å². The van der Waals surface area contributed by atoms with E-state index in [1.54, 1.807) is 0 Å². The first-order valence-corrected chi connectivity index (χ1v) is 9.39. The number of Topliss-reactive ketones (excluding diaryl/α,β-unsaturated/α-hetero) is 1. The van der Waals surface area contributed by atoms with E-state index in [0.717, 1.165) is 44.1 Å². The number of nitrogens with one attached hydrogen (secondary N) is 1. The molecule has 0 radical (unpaired) electrons. The number of alkyl halides is 3. The van der Waals surface area contributed by atoms with Gasteiger partial charge in [0.05, 0.1) is 16.8 Å². The van der Waals surface area contributed by atoms with Crippen LogP contribution in [0.2, 0.25) is 0 Å². The van der Waals surface area contributed by atoms with Gasteiger partial charge in [-0.3, -0.25) is 9.59 Å². The lowest BCUT2D eigenvalue weighted by atomic mass is 10.0. The van der Waals surface area contributed by atoms with E-state index in [1.165, 1.54) is 0 Å². The van der Waals surface area contributed by atoms with Gasteiger partial charge in [0.2, 0.25) is 23.2 Å². The van der Waals surface area contributed by atoms with E-state index in [1.807, 2.05) is 0 Å². The normalized spacial score (nSPS) is 17.3. The van der Waals surface area contributed by atoms with Gasteiger partial charge in [0.15, 0.2) is 5.69 Å². The van der Waals surface area contributed by atoms with Crippen LogP contribution in [0.25, 0.3) is 11.5 Å². The highest BCUT2D eigenvalue weighted by atomic mass is 19.4. The fourth-order valence-electron chi connectivity index (χ4n) is 3.60. The van der Waals surface area contributed by atoms with Gasteiger partial charge in [-0.2, -0.15) is 13.2 Å². The van der Waals surface area contributed by atoms with Gasteiger partial charge < -0.3 is 14.6 Å². The summed E-state index contributed by atoms with van der Waals surface area (Å²) in [6.07, 6.45) is -1.62. The summed E-state index contributed by atoms with van der Waals surface area (Å²) in [6, 6.07) is 2.40. The molecule has 10 heteroatoms. The van der Waals surface area contributed by atoms with Gasteiger partial charge in [-0.05, 0) is 38.1 Å². The fourth-order valence-corrected chi connectivity index (χ4v) is 3.60. The Morgan fingerprint density at radius 1 is 1.17 bits per heavy atom. The monoisotopic (exact) mass is 423 g/mol. The number of halogens is 4. The first-order valence-electron chi connectivity index (χ1n) is 9.39. The molecule has 1 saturated heterocycles. The average Bonchev–Trinajstić information content (AvgIpc) is 3.35. The molecule has 2 aliphatic rings. The van der Waals surface area contributed by atoms with Crippen molar-refractivity contribution in [3.8, 4) is 11.5 Å². The molecule has 0 unspecified atom stereocenters. The van der Waals surface area contributed by atoms with E-state index in [-0.39, 0.29) is 5.70 Å². The van der Waals surface area contributed by atoms with E-state index in [4.69, 9.17) is 4.42 Å². The summed E-state index contributed by atoms with van der Waals surface area (Å²) >= 11 is 0. The highest BCUT2D eigenvalue weighted by Gasteiger charge is 2.39. The summed E-state index contributed by atoms with van der Waals surface area (Å²) in [4.78, 5) is 30.9. The van der Waals surface area contributed by atoms with Crippen molar-refractivity contribution in [2.45, 2.75) is 19.0 Å². The van der Waals surface area contributed by atoms with Crippen molar-refractivity contribution < 1.29 is 31.6 Å². The highest BCUT2D eigenvalue weighted by Crippen LogP contribution is 2.39. The average molecular weight is 423 g/mol. The molecular formula is C20H17F4N3O3. The summed E-state index contributed by atoms with van der Waals surface area (Å²) < 4.78 is 59.3. The highest BCUT2D eigenvalue weighted by molar-refractivity contribution is 6.22. The number of hydrogen-bond acceptors (Lipinski definition) is 6. The standard InChI is InChI=1S/C20H17F4N3O3/c21-12-5-3-4-11(20(22,23)24)15(12)19-26-16-14(28)10-13(17(29)18(16)30-19)25-6-9-27-7-1-2-8-27/h3-5,10,25H,1-2,6-9H2. The minimum absolute atomic E-state index is 0.0287. The first-order chi connectivity index (χ1) is 14.3. The molecule has 1 N–H and O–H groups in total. The van der Waals surface area contributed by atoms with Crippen LogP contribution >= 0.6 is 0 Å². The van der Waals surface area contributed by atoms with Crippen molar-refractivity contribution in [3.63, 3.8) is 0 Å². The number of rotatable bonds is 5. The van der Waals surface area contributed by atoms with Gasteiger partial charge >= 0.3 is 6.18 Å². The number of aromatic nitrogens is 1. The SMILES string of the molecule is O=C1C=C(NCCN2CCCC2)C(=O)c2oc(-c3c(F)cccc3C(F)(F)F)nc21. The molecule has 30 heavy (non-hydrogen) atoms. The quantitative estimate of drug-likeness (QED) is 0.743. The lowest BCUT2D eigenvalue weighted by molar-refractivity contribution is -0.137. The third kappa shape index (κ3) is 3.74. The molecule has 2 heterocycles. The zero-order valence-corrected chi connectivity index (χ0v) is 15.7. The summed E-state index contributed by atoms with van der Waals surface area (Å²) in [5, 5.41) is 2.87. The molecule has 0 bridgehead atoms. The van der Waals surface area contributed by atoms with Crippen molar-refractivity contribution in [1.82, 2.24) is 15.2 Å². The summed E-state index contributed by atoms with van der Waals surface area (Å²) in [7, 11) is 0. The van der Waals surface area contributed by atoms with Crippen LogP contribution in [-0.4, -0.2) is 47.6 Å². The third-order valence-corrected chi connectivity index (χ3v) is 5.06. The molecule has 0 saturated carbocycles. The predicted molar refractivity (Wildman–Crippen MR) is 97.3 cm³/mol. The minimum atomic E-state index is -4.87. The minimum Gasteiger partial charge on any atom is -0.432 e. The topological polar surface area (TPSA) is 75.4 Å². The molecule has 1 aromatic carbocycles. The maximum atomic E-state index is 14.2. The van der Waals surface area contributed by atoms with E-state index >= 15 is 0 Å². The lowest BCUT2D eigenvalue weighted by Gasteiger charge is -2.17. The molecule has 1 fully saturated rings. The Morgan fingerprint density at radius 3 is 2.60 bits per heavy atom. The van der Waals surface area contributed by atoms with Gasteiger partial charge in [0, 0.05) is 19.2 Å². The van der Waals surface area contributed by atoms with Gasteiger partial charge in [0.25, 0.3) is 0 Å². The number of oxazole rings is 1. The molecule has 1 aliphatic heterocycles. The van der Waals surface area contributed by atoms with Crippen LogP contribution < -0.4 is 5.32 Å². The lowest BCUT2D eigenvalue weighted by Crippen LogP contribution is -2.33. The Balaban J connectivity index is 1.60. The first kappa shape index (κ1) is 20.3. The maximum absolute atomic E-state index is 14.2. The van der Waals surface area contributed by atoms with E-state index < -0.39 is 52.0 Å². The molecular weight excluding hydrogens is 406 g/mol. The van der Waals surface area contributed by atoms with Crippen molar-refractivity contribution in [2.24, 2.45) is 0 Å². The van der Waals surface area contributed by atoms with Crippen LogP contribution in [0, 0.1) is 5.82 Å². The van der Waals surface area contributed by atoms with Gasteiger partial charge in [-0.15, -0.1) is 0 Å². The molecule has 4 rings (SSSR count). The Hall–Kier alpha value is -3.01. The van der Waals surface area contributed by atoms with E-state index in [2.05, 4.69) is 15.2 Å². The Bertz CT molecular complexity index is 1040. The van der Waals surface area contributed by atoms with Crippen LogP contribution in [0.1, 0.15) is 39.4 Å². The second-order valence-electron chi connectivity index (χ2n) is 7.08. The molecule has 0 atom stereocenters. The van der Waals surface area contributed by atoms with Crippen LogP contribution in [0.4, 0.5) is 17.6 Å². The largest absolute Gasteiger partial charge is 0.432 e. The van der Waals surface area contributed by atoms with Crippen LogP contribution in [0.15, 0.2) is 34.4 Å². The van der Waals surface area contributed by atoms with Crippen molar-refractivity contribution in [1.29, 1.82) is 0 Å². The number of carbonyl (C=O) groups excluding carboxylic acids is 2. The van der Waals surface area contributed by atoms with E-state index in [9.17, 15) is 27.2 Å². The van der Waals surface area contributed by atoms with Crippen molar-refractivity contribution in [2.75, 3.05) is 26.2 Å². The Kier molecular flexibility index (Phi) is 5.19. The zero-order chi connectivity index (χ0) is 21.5. The molecule has 2 aromatic rings. The summed E-state index contributed by atoms with van der Waals surface area (Å²) in [5.41, 5.74) is -2.71. The molecule has 158 valence electrons. The summed E-state index contributed by atoms with van der Waals surface area (Å²) in [6.45, 7) is 3.02. The molecule has 6 nitrogen and oxygen atoms in total. The molecule has 1 aromatic heterocycles. The number of allylic oxidation sites excluding steroid dienone is 2. The van der Waals surface area contributed by atoms with Crippen LogP contribution in [-0.2, 0) is 6.18 Å². The van der Waals surface area contributed by atoms with Gasteiger partial charge in [0.1, 0.15) is 5.82 Å². The number of ketones is 2. The number of nitrogens with zero attached hydrogens (tertiary/aromatic N) is 2. The number of hydrogen-bond donors (Lipinski definition) is 1.